The van der Waals surface area contributed by atoms with Crippen LogP contribution in [0.2, 0.25) is 0 Å². The second-order valence-corrected chi connectivity index (χ2v) is 13.9. The summed E-state index contributed by atoms with van der Waals surface area (Å²) in [7, 11) is 0. The summed E-state index contributed by atoms with van der Waals surface area (Å²) in [6, 6.07) is 31.8. The van der Waals surface area contributed by atoms with Crippen molar-refractivity contribution in [2.75, 3.05) is 12.0 Å². The van der Waals surface area contributed by atoms with Crippen molar-refractivity contribution in [3.8, 4) is 0 Å². The molecule has 3 aromatic carbocycles. The van der Waals surface area contributed by atoms with Crippen molar-refractivity contribution in [2.24, 2.45) is 0 Å². The molecule has 0 N–H and O–H groups in total. The average Bonchev–Trinajstić information content (AvgIpc) is 2.78. The minimum absolute atomic E-state index is 0.723. The van der Waals surface area contributed by atoms with Crippen molar-refractivity contribution in [3.05, 3.63) is 103 Å². The van der Waals surface area contributed by atoms with E-state index in [0.717, 1.165) is 31.3 Å². The maximum atomic E-state index is 7.97. The standard InChI is InChI=1S/C25H27Cl2P/c26-21-13-2-1-3-14-22-28(27,23-15-7-4-8-16-23,24-17-9-5-10-18-24)25-19-11-6-12-20-25/h3-12,14-20H,1-2,13,21-22H2. The zero-order valence-electron chi connectivity index (χ0n) is 16.1. The Balaban J connectivity index is 2.16. The van der Waals surface area contributed by atoms with E-state index in [0.29, 0.717) is 0 Å². The molecule has 0 unspecified atom stereocenters. The molecule has 0 aliphatic carbocycles. The van der Waals surface area contributed by atoms with Crippen molar-refractivity contribution in [3.63, 3.8) is 0 Å². The molecular formula is C25H27Cl2P. The Hall–Kier alpha value is -1.59. The molecule has 0 aliphatic heterocycles. The third-order valence-electron chi connectivity index (χ3n) is 5.25. The van der Waals surface area contributed by atoms with Crippen molar-refractivity contribution in [1.82, 2.24) is 0 Å². The predicted molar refractivity (Wildman–Crippen MR) is 130 cm³/mol. The van der Waals surface area contributed by atoms with Gasteiger partial charge in [0.15, 0.2) is 0 Å². The summed E-state index contributed by atoms with van der Waals surface area (Å²) < 4.78 is 0. The third-order valence-corrected chi connectivity index (χ3v) is 12.7. The molecule has 0 bridgehead atoms. The number of unbranched alkanes of at least 4 members (excludes halogenated alkanes) is 2. The Labute approximate surface area is 178 Å². The van der Waals surface area contributed by atoms with Crippen LogP contribution >= 0.6 is 28.8 Å². The minimum atomic E-state index is -3.14. The molecular weight excluding hydrogens is 402 g/mol. The number of hydrogen-bond acceptors (Lipinski definition) is 0. The van der Waals surface area contributed by atoms with Gasteiger partial charge in [0.2, 0.25) is 0 Å². The number of hydrogen-bond donors (Lipinski definition) is 0. The van der Waals surface area contributed by atoms with Crippen LogP contribution in [-0.2, 0) is 0 Å². The first kappa shape index (κ1) is 21.1. The maximum absolute atomic E-state index is 7.97. The Kier molecular flexibility index (Phi) is 7.36. The van der Waals surface area contributed by atoms with E-state index in [1.165, 1.54) is 15.9 Å². The van der Waals surface area contributed by atoms with Gasteiger partial charge in [-0.25, -0.2) is 0 Å². The third kappa shape index (κ3) is 4.20. The van der Waals surface area contributed by atoms with Crippen LogP contribution in [0.25, 0.3) is 0 Å². The normalized spacial score (nSPS) is 13.3. The molecule has 0 amide bonds. The predicted octanol–water partition coefficient (Wildman–Crippen LogP) is 6.64. The van der Waals surface area contributed by atoms with Gasteiger partial charge in [-0.3, -0.25) is 0 Å². The van der Waals surface area contributed by atoms with E-state index in [2.05, 4.69) is 103 Å². The Morgan fingerprint density at radius 2 is 1.04 bits per heavy atom. The number of allylic oxidation sites excluding steroid dienone is 2. The quantitative estimate of drug-likeness (QED) is 0.155. The van der Waals surface area contributed by atoms with Gasteiger partial charge in [-0.05, 0) is 0 Å². The van der Waals surface area contributed by atoms with Gasteiger partial charge in [0.25, 0.3) is 0 Å². The van der Waals surface area contributed by atoms with Crippen molar-refractivity contribution >= 4 is 44.7 Å². The molecule has 28 heavy (non-hydrogen) atoms. The molecule has 0 saturated carbocycles. The Morgan fingerprint density at radius 1 is 0.607 bits per heavy atom. The van der Waals surface area contributed by atoms with E-state index in [4.69, 9.17) is 22.8 Å². The van der Waals surface area contributed by atoms with Crippen molar-refractivity contribution < 1.29 is 0 Å². The summed E-state index contributed by atoms with van der Waals surface area (Å²) in [6.45, 7) is 0. The van der Waals surface area contributed by atoms with Gasteiger partial charge >= 0.3 is 179 Å². The second-order valence-electron chi connectivity index (χ2n) is 7.03. The SMILES string of the molecule is ClCCCCC=CCP(Cl)(c1ccccc1)(c1ccccc1)c1ccccc1. The summed E-state index contributed by atoms with van der Waals surface area (Å²) in [5, 5.41) is 3.62. The van der Waals surface area contributed by atoms with E-state index < -0.39 is 5.96 Å². The molecule has 3 heteroatoms. The van der Waals surface area contributed by atoms with Crippen LogP contribution in [0.15, 0.2) is 103 Å². The fraction of sp³-hybridized carbons (Fsp3) is 0.200. The number of rotatable bonds is 9. The zero-order valence-corrected chi connectivity index (χ0v) is 18.5. The summed E-state index contributed by atoms with van der Waals surface area (Å²) in [5.41, 5.74) is 0. The van der Waals surface area contributed by atoms with Crippen LogP contribution in [0.3, 0.4) is 0 Å². The van der Waals surface area contributed by atoms with Crippen LogP contribution in [0.5, 0.6) is 0 Å². The summed E-state index contributed by atoms with van der Waals surface area (Å²) >= 11 is 13.8. The van der Waals surface area contributed by atoms with Crippen LogP contribution in [0.1, 0.15) is 19.3 Å². The van der Waals surface area contributed by atoms with Gasteiger partial charge in [0.1, 0.15) is 0 Å². The molecule has 0 heterocycles. The van der Waals surface area contributed by atoms with Crippen molar-refractivity contribution in [1.29, 1.82) is 0 Å². The topological polar surface area (TPSA) is 0 Å². The molecule has 146 valence electrons. The number of halogens is 2. The van der Waals surface area contributed by atoms with Crippen molar-refractivity contribution in [2.45, 2.75) is 19.3 Å². The molecule has 0 aliphatic rings. The van der Waals surface area contributed by atoms with Gasteiger partial charge in [0, 0.05) is 0 Å². The summed E-state index contributed by atoms with van der Waals surface area (Å²) in [6.07, 6.45) is 8.55. The fourth-order valence-electron chi connectivity index (χ4n) is 3.73. The summed E-state index contributed by atoms with van der Waals surface area (Å²) in [5.74, 6) is -2.42. The van der Waals surface area contributed by atoms with E-state index in [1.54, 1.807) is 0 Å². The Bertz CT molecular complexity index is 777. The molecule has 0 spiro atoms. The summed E-state index contributed by atoms with van der Waals surface area (Å²) in [4.78, 5) is 0. The van der Waals surface area contributed by atoms with E-state index in [-0.39, 0.29) is 0 Å². The number of benzene rings is 3. The Morgan fingerprint density at radius 3 is 1.43 bits per heavy atom. The molecule has 0 nitrogen and oxygen atoms in total. The van der Waals surface area contributed by atoms with Gasteiger partial charge in [-0.15, -0.1) is 0 Å². The molecule has 0 aromatic heterocycles. The molecule has 0 atom stereocenters. The first-order chi connectivity index (χ1) is 13.7. The van der Waals surface area contributed by atoms with E-state index in [1.807, 2.05) is 0 Å². The first-order valence-corrected chi connectivity index (χ1v) is 13.7. The monoisotopic (exact) mass is 428 g/mol. The first-order valence-electron chi connectivity index (χ1n) is 9.81. The van der Waals surface area contributed by atoms with Crippen LogP contribution in [0.4, 0.5) is 0 Å². The van der Waals surface area contributed by atoms with E-state index in [9.17, 15) is 0 Å². The van der Waals surface area contributed by atoms with Gasteiger partial charge < -0.3 is 0 Å². The van der Waals surface area contributed by atoms with Gasteiger partial charge in [0.05, 0.1) is 0 Å². The van der Waals surface area contributed by atoms with Crippen LogP contribution in [-0.4, -0.2) is 12.0 Å². The molecule has 0 saturated heterocycles. The number of alkyl halides is 1. The molecule has 0 radical (unpaired) electrons. The van der Waals surface area contributed by atoms with Gasteiger partial charge in [-0.2, -0.15) is 0 Å². The van der Waals surface area contributed by atoms with Gasteiger partial charge in [-0.1, -0.05) is 0 Å². The second kappa shape index (κ2) is 9.75. The fourth-order valence-corrected chi connectivity index (χ4v) is 9.62. The zero-order chi connectivity index (χ0) is 19.7. The molecule has 3 aromatic rings. The van der Waals surface area contributed by atoms with Crippen LogP contribution < -0.4 is 15.9 Å². The molecule has 0 fully saturated rings. The molecule has 3 rings (SSSR count). The van der Waals surface area contributed by atoms with Crippen LogP contribution in [0, 0.1) is 0 Å². The van der Waals surface area contributed by atoms with E-state index >= 15 is 0 Å². The average molecular weight is 429 g/mol.